The van der Waals surface area contributed by atoms with Crippen LogP contribution in [0, 0.1) is 5.41 Å². The highest BCUT2D eigenvalue weighted by atomic mass is 35.5. The number of methoxy groups -OCH3 is 1. The van der Waals surface area contributed by atoms with E-state index in [1.807, 2.05) is 0 Å². The van der Waals surface area contributed by atoms with Gasteiger partial charge in [-0.05, 0) is 87.8 Å². The zero-order valence-electron chi connectivity index (χ0n) is 26.2. The van der Waals surface area contributed by atoms with Gasteiger partial charge in [-0.15, -0.1) is 0 Å². The Balaban J connectivity index is 1.01. The number of sulfonamides is 1. The van der Waals surface area contributed by atoms with Crippen molar-refractivity contribution in [2.45, 2.75) is 80.8 Å². The molecule has 3 heterocycles. The van der Waals surface area contributed by atoms with Gasteiger partial charge in [0.15, 0.2) is 0 Å². The first-order valence-electron chi connectivity index (χ1n) is 16.2. The van der Waals surface area contributed by atoms with Crippen LogP contribution in [-0.2, 0) is 15.4 Å². The van der Waals surface area contributed by atoms with Crippen molar-refractivity contribution in [3.63, 3.8) is 0 Å². The van der Waals surface area contributed by atoms with Crippen molar-refractivity contribution in [3.05, 3.63) is 69.5 Å². The summed E-state index contributed by atoms with van der Waals surface area (Å²) < 4.78 is 44.1. The first-order valence-corrected chi connectivity index (χ1v) is 18.5. The minimum absolute atomic E-state index is 0.0187. The van der Waals surface area contributed by atoms with Gasteiger partial charge >= 0.3 is 0 Å². The molecule has 1 aromatic carbocycles. The number of aromatic nitrogens is 4. The van der Waals surface area contributed by atoms with Crippen molar-refractivity contribution in [3.8, 4) is 28.4 Å². The highest BCUT2D eigenvalue weighted by Crippen LogP contribution is 2.58. The van der Waals surface area contributed by atoms with Gasteiger partial charge in [0.1, 0.15) is 17.2 Å². The maximum absolute atomic E-state index is 13.0. The van der Waals surface area contributed by atoms with Gasteiger partial charge in [0.05, 0.1) is 28.0 Å². The molecule has 250 valence electrons. The van der Waals surface area contributed by atoms with E-state index in [-0.39, 0.29) is 22.1 Å². The lowest BCUT2D eigenvalue weighted by atomic mass is 9.53. The number of nitrogens with zero attached hydrogens (tertiary/aromatic N) is 4. The highest BCUT2D eigenvalue weighted by Gasteiger charge is 2.51. The molecule has 48 heavy (non-hydrogen) atoms. The minimum Gasteiger partial charge on any atom is -0.496 e. The van der Waals surface area contributed by atoms with E-state index in [9.17, 15) is 13.2 Å². The first kappa shape index (κ1) is 31.5. The third kappa shape index (κ3) is 5.61. The van der Waals surface area contributed by atoms with Gasteiger partial charge in [-0.3, -0.25) is 9.78 Å². The number of carbonyl (C=O) groups is 1. The normalized spacial score (nSPS) is 23.9. The fraction of sp³-hybridized carbons (Fsp3) is 0.441. The topological polar surface area (TPSA) is 150 Å². The Morgan fingerprint density at radius 3 is 2.35 bits per heavy atom. The fourth-order valence-corrected chi connectivity index (χ4v) is 9.04. The lowest BCUT2D eigenvalue weighted by Crippen LogP contribution is -2.43. The molecule has 0 saturated heterocycles. The molecule has 2 bridgehead atoms. The molecule has 14 heteroatoms. The number of rotatable bonds is 10. The van der Waals surface area contributed by atoms with Crippen LogP contribution in [0.5, 0.6) is 5.75 Å². The number of hydrogen-bond acceptors (Lipinski definition) is 10. The fourth-order valence-electron chi connectivity index (χ4n) is 7.20. The largest absolute Gasteiger partial charge is 0.496 e. The van der Waals surface area contributed by atoms with Crippen LogP contribution in [0.1, 0.15) is 97.7 Å². The summed E-state index contributed by atoms with van der Waals surface area (Å²) in [6, 6.07) is 4.88. The SMILES string of the molecule is COc1ccc(-c2noc(C34CCC(C=Cc5c(-c6c(Cl)cncc6Cl)noc5C5CC5)(CC3)CC4)n2)cc1C(=O)NS(=O)(=O)C1CC1. The molecule has 3 aromatic heterocycles. The molecule has 9 rings (SSSR count). The van der Waals surface area contributed by atoms with Crippen molar-refractivity contribution in [1.82, 2.24) is 25.0 Å². The van der Waals surface area contributed by atoms with Crippen LogP contribution in [0.4, 0.5) is 0 Å². The Morgan fingerprint density at radius 2 is 1.71 bits per heavy atom. The summed E-state index contributed by atoms with van der Waals surface area (Å²) >= 11 is 13.0. The van der Waals surface area contributed by atoms with Crippen molar-refractivity contribution >= 4 is 45.2 Å². The molecular formula is C34H33Cl2N5O6S. The van der Waals surface area contributed by atoms with Gasteiger partial charge in [0, 0.05) is 40.4 Å². The Morgan fingerprint density at radius 1 is 1.00 bits per heavy atom. The van der Waals surface area contributed by atoms with Crippen LogP contribution in [0.15, 0.2) is 45.7 Å². The smallest absolute Gasteiger partial charge is 0.268 e. The number of ether oxygens (including phenoxy) is 1. The zero-order chi connectivity index (χ0) is 33.3. The lowest BCUT2D eigenvalue weighted by Gasteiger charge is -2.50. The van der Waals surface area contributed by atoms with Crippen molar-refractivity contribution in [2.75, 3.05) is 7.11 Å². The van der Waals surface area contributed by atoms with Gasteiger partial charge in [-0.1, -0.05) is 45.7 Å². The maximum Gasteiger partial charge on any atom is 0.268 e. The summed E-state index contributed by atoms with van der Waals surface area (Å²) in [5.74, 6) is 1.66. The number of halogens is 2. The monoisotopic (exact) mass is 709 g/mol. The Bertz CT molecular complexity index is 2020. The van der Waals surface area contributed by atoms with Crippen molar-refractivity contribution in [2.24, 2.45) is 5.41 Å². The second-order valence-corrected chi connectivity index (χ2v) is 16.3. The molecular weight excluding hydrogens is 677 g/mol. The quantitative estimate of drug-likeness (QED) is 0.175. The predicted octanol–water partition coefficient (Wildman–Crippen LogP) is 7.51. The number of allylic oxidation sites excluding steroid dienone is 1. The van der Waals surface area contributed by atoms with Crippen molar-refractivity contribution in [1.29, 1.82) is 0 Å². The van der Waals surface area contributed by atoms with Crippen molar-refractivity contribution < 1.29 is 27.0 Å². The maximum atomic E-state index is 13.0. The molecule has 4 aromatic rings. The van der Waals surface area contributed by atoms with Gasteiger partial charge in [-0.25, -0.2) is 13.1 Å². The summed E-state index contributed by atoms with van der Waals surface area (Å²) in [5, 5.41) is 9.03. The second-order valence-electron chi connectivity index (χ2n) is 13.6. The molecule has 1 N–H and O–H groups in total. The molecule has 0 atom stereocenters. The number of pyridine rings is 1. The van der Waals surface area contributed by atoms with E-state index in [0.29, 0.717) is 57.3 Å². The molecule has 0 spiro atoms. The third-order valence-corrected chi connectivity index (χ3v) is 12.9. The molecule has 1 amide bonds. The molecule has 5 aliphatic carbocycles. The molecule has 0 radical (unpaired) electrons. The van der Waals surface area contributed by atoms with E-state index in [1.54, 1.807) is 30.6 Å². The van der Waals surface area contributed by atoms with Gasteiger partial charge in [-0.2, -0.15) is 4.98 Å². The zero-order valence-corrected chi connectivity index (χ0v) is 28.5. The van der Waals surface area contributed by atoms with Crippen LogP contribution < -0.4 is 9.46 Å². The molecule has 0 aliphatic heterocycles. The Hall–Kier alpha value is -3.74. The summed E-state index contributed by atoms with van der Waals surface area (Å²) in [7, 11) is -2.30. The number of nitrogens with one attached hydrogen (secondary N) is 1. The highest BCUT2D eigenvalue weighted by molar-refractivity contribution is 7.91. The van der Waals surface area contributed by atoms with E-state index in [0.717, 1.165) is 62.7 Å². The van der Waals surface area contributed by atoms with Gasteiger partial charge in [0.25, 0.3) is 5.91 Å². The average Bonchev–Trinajstić information content (AvgIpc) is 4.03. The van der Waals surface area contributed by atoms with E-state index in [4.69, 9.17) is 42.0 Å². The number of hydrogen-bond donors (Lipinski definition) is 1. The summed E-state index contributed by atoms with van der Waals surface area (Å²) in [6.07, 6.45) is 16.4. The average molecular weight is 711 g/mol. The van der Waals surface area contributed by atoms with E-state index in [1.165, 1.54) is 7.11 Å². The molecule has 5 fully saturated rings. The Labute approximate surface area is 287 Å². The summed E-state index contributed by atoms with van der Waals surface area (Å²) in [6.45, 7) is 0. The second kappa shape index (κ2) is 11.7. The van der Waals surface area contributed by atoms with Crippen LogP contribution in [0.3, 0.4) is 0 Å². The van der Waals surface area contributed by atoms with Crippen LogP contribution >= 0.6 is 23.2 Å². The van der Waals surface area contributed by atoms with Crippen LogP contribution in [-0.4, -0.2) is 47.0 Å². The number of fused-ring (bicyclic) bond motifs is 3. The van der Waals surface area contributed by atoms with Crippen LogP contribution in [0.25, 0.3) is 28.7 Å². The molecule has 11 nitrogen and oxygen atoms in total. The van der Waals surface area contributed by atoms with E-state index in [2.05, 4.69) is 32.2 Å². The van der Waals surface area contributed by atoms with Gasteiger partial charge in [0.2, 0.25) is 21.7 Å². The summed E-state index contributed by atoms with van der Waals surface area (Å²) in [4.78, 5) is 21.9. The number of carbonyl (C=O) groups excluding carboxylic acids is 1. The molecule has 5 saturated carbocycles. The summed E-state index contributed by atoms with van der Waals surface area (Å²) in [5.41, 5.74) is 2.62. The lowest BCUT2D eigenvalue weighted by molar-refractivity contribution is 0.0569. The standard InChI is InChI=1S/C34H33Cl2N5O6S/c1-45-26-7-4-20(16-23(26)31(42)41-48(43,44)21-5-6-21)30-38-32(47-40-30)34-13-10-33(11-14-34,12-15-34)9-8-22-28(39-46-29(22)19-2-3-19)27-24(35)17-37-18-25(27)36/h4,7-9,16-19,21H,2-3,5-6,10-15H2,1H3,(H,41,42). The molecule has 0 unspecified atom stereocenters. The van der Waals surface area contributed by atoms with E-state index < -0.39 is 21.2 Å². The number of benzene rings is 1. The number of amides is 1. The third-order valence-electron chi connectivity index (χ3n) is 10.5. The van der Waals surface area contributed by atoms with Crippen LogP contribution in [0.2, 0.25) is 10.0 Å². The van der Waals surface area contributed by atoms with Gasteiger partial charge < -0.3 is 13.8 Å². The van der Waals surface area contributed by atoms with E-state index >= 15 is 0 Å². The first-order chi connectivity index (χ1) is 23.1. The predicted molar refractivity (Wildman–Crippen MR) is 178 cm³/mol. The Kier molecular flexibility index (Phi) is 7.68. The molecule has 5 aliphatic rings. The minimum atomic E-state index is -3.73.